The van der Waals surface area contributed by atoms with Crippen LogP contribution >= 0.6 is 11.6 Å². The van der Waals surface area contributed by atoms with Crippen molar-refractivity contribution in [1.29, 1.82) is 0 Å². The van der Waals surface area contributed by atoms with Crippen LogP contribution in [0.3, 0.4) is 0 Å². The van der Waals surface area contributed by atoms with E-state index in [9.17, 15) is 14.7 Å². The number of aliphatic hydroxyl groups is 1. The normalized spacial score (nSPS) is 14.0. The van der Waals surface area contributed by atoms with E-state index in [2.05, 4.69) is 10.6 Å². The van der Waals surface area contributed by atoms with Crippen molar-refractivity contribution in [3.63, 3.8) is 0 Å². The van der Waals surface area contributed by atoms with Crippen LogP contribution < -0.4 is 10.6 Å². The van der Waals surface area contributed by atoms with Crippen molar-refractivity contribution in [2.45, 2.75) is 46.3 Å². The Bertz CT molecular complexity index is 538. The lowest BCUT2D eigenvalue weighted by Gasteiger charge is -2.21. The van der Waals surface area contributed by atoms with Gasteiger partial charge in [0.25, 0.3) is 0 Å². The molecule has 2 atom stereocenters. The fourth-order valence-electron chi connectivity index (χ4n) is 2.06. The highest BCUT2D eigenvalue weighted by Crippen LogP contribution is 2.19. The Balaban J connectivity index is 2.44. The predicted molar refractivity (Wildman–Crippen MR) is 91.1 cm³/mol. The molecule has 2 amide bonds. The van der Waals surface area contributed by atoms with Gasteiger partial charge in [0, 0.05) is 11.4 Å². The van der Waals surface area contributed by atoms with Crippen molar-refractivity contribution >= 4 is 23.4 Å². The standard InChI is InChI=1S/C17H25ClN2O3/c1-11(16(23)12-5-7-13(18)8-6-12)20-15(22)10-19-14(21)9-17(2,3)4/h5-8,11,16,23H,9-10H2,1-4H3,(H,19,21)(H,20,22). The summed E-state index contributed by atoms with van der Waals surface area (Å²) in [7, 11) is 0. The van der Waals surface area contributed by atoms with Crippen LogP contribution in [-0.2, 0) is 9.59 Å². The number of hydrogen-bond acceptors (Lipinski definition) is 3. The van der Waals surface area contributed by atoms with Gasteiger partial charge in [-0.25, -0.2) is 0 Å². The summed E-state index contributed by atoms with van der Waals surface area (Å²) in [6.45, 7) is 7.46. The van der Waals surface area contributed by atoms with E-state index in [0.29, 0.717) is 17.0 Å². The van der Waals surface area contributed by atoms with Gasteiger partial charge in [-0.05, 0) is 30.0 Å². The first kappa shape index (κ1) is 19.5. The molecule has 0 aromatic heterocycles. The molecule has 1 aromatic rings. The molecule has 5 nitrogen and oxygen atoms in total. The van der Waals surface area contributed by atoms with E-state index in [0.717, 1.165) is 0 Å². The van der Waals surface area contributed by atoms with Gasteiger partial charge in [0.2, 0.25) is 11.8 Å². The Morgan fingerprint density at radius 3 is 2.26 bits per heavy atom. The van der Waals surface area contributed by atoms with Crippen LogP contribution in [0.25, 0.3) is 0 Å². The van der Waals surface area contributed by atoms with Crippen LogP contribution in [0, 0.1) is 5.41 Å². The number of carbonyl (C=O) groups is 2. The summed E-state index contributed by atoms with van der Waals surface area (Å²) in [5.41, 5.74) is 0.539. The van der Waals surface area contributed by atoms with Gasteiger partial charge in [-0.1, -0.05) is 44.5 Å². The van der Waals surface area contributed by atoms with Gasteiger partial charge in [-0.2, -0.15) is 0 Å². The summed E-state index contributed by atoms with van der Waals surface area (Å²) in [4.78, 5) is 23.5. The number of nitrogens with one attached hydrogen (secondary N) is 2. The predicted octanol–water partition coefficient (Wildman–Crippen LogP) is 2.43. The third kappa shape index (κ3) is 7.48. The summed E-state index contributed by atoms with van der Waals surface area (Å²) in [6, 6.07) is 6.30. The van der Waals surface area contributed by atoms with Gasteiger partial charge in [0.1, 0.15) is 0 Å². The fourth-order valence-corrected chi connectivity index (χ4v) is 2.18. The average Bonchev–Trinajstić information content (AvgIpc) is 2.43. The van der Waals surface area contributed by atoms with E-state index in [-0.39, 0.29) is 23.8 Å². The molecule has 0 bridgehead atoms. The van der Waals surface area contributed by atoms with Crippen LogP contribution in [0.2, 0.25) is 5.02 Å². The number of benzene rings is 1. The molecule has 0 fully saturated rings. The molecule has 0 saturated heterocycles. The second-order valence-electron chi connectivity index (χ2n) is 6.87. The molecule has 128 valence electrons. The van der Waals surface area contributed by atoms with E-state index in [4.69, 9.17) is 11.6 Å². The lowest BCUT2D eigenvalue weighted by molar-refractivity contribution is -0.127. The quantitative estimate of drug-likeness (QED) is 0.744. The van der Waals surface area contributed by atoms with Crippen LogP contribution in [0.15, 0.2) is 24.3 Å². The Hall–Kier alpha value is -1.59. The first-order chi connectivity index (χ1) is 10.6. The van der Waals surface area contributed by atoms with Gasteiger partial charge >= 0.3 is 0 Å². The highest BCUT2D eigenvalue weighted by atomic mass is 35.5. The maximum absolute atomic E-state index is 11.9. The third-order valence-corrected chi connectivity index (χ3v) is 3.46. The maximum Gasteiger partial charge on any atom is 0.239 e. The number of carbonyl (C=O) groups excluding carboxylic acids is 2. The van der Waals surface area contributed by atoms with E-state index >= 15 is 0 Å². The van der Waals surface area contributed by atoms with E-state index < -0.39 is 12.1 Å². The second kappa shape index (κ2) is 8.31. The topological polar surface area (TPSA) is 78.4 Å². The molecule has 1 rings (SSSR count). The molecule has 6 heteroatoms. The Morgan fingerprint density at radius 1 is 1.17 bits per heavy atom. The highest BCUT2D eigenvalue weighted by molar-refractivity contribution is 6.30. The zero-order valence-electron chi connectivity index (χ0n) is 14.0. The number of rotatable bonds is 6. The fraction of sp³-hybridized carbons (Fsp3) is 0.529. The van der Waals surface area contributed by atoms with Gasteiger partial charge in [0.15, 0.2) is 0 Å². The van der Waals surface area contributed by atoms with Gasteiger partial charge in [0.05, 0.1) is 18.7 Å². The lowest BCUT2D eigenvalue weighted by Crippen LogP contribution is -2.43. The minimum absolute atomic E-state index is 0.105. The molecule has 0 aliphatic carbocycles. The summed E-state index contributed by atoms with van der Waals surface area (Å²) in [6.07, 6.45) is -0.495. The molecule has 0 aliphatic heterocycles. The van der Waals surface area contributed by atoms with Crippen LogP contribution in [0.4, 0.5) is 0 Å². The summed E-state index contributed by atoms with van der Waals surface area (Å²) in [5, 5.41) is 16.1. The number of hydrogen-bond donors (Lipinski definition) is 3. The lowest BCUT2D eigenvalue weighted by atomic mass is 9.92. The Morgan fingerprint density at radius 2 is 1.74 bits per heavy atom. The average molecular weight is 341 g/mol. The zero-order chi connectivity index (χ0) is 17.6. The summed E-state index contributed by atoms with van der Waals surface area (Å²) < 4.78 is 0. The molecule has 0 heterocycles. The minimum Gasteiger partial charge on any atom is -0.386 e. The summed E-state index contributed by atoms with van der Waals surface area (Å²) in [5.74, 6) is -0.508. The van der Waals surface area contributed by atoms with E-state index in [1.54, 1.807) is 31.2 Å². The molecule has 0 saturated carbocycles. The van der Waals surface area contributed by atoms with Gasteiger partial charge < -0.3 is 15.7 Å². The maximum atomic E-state index is 11.9. The molecular formula is C17H25ClN2O3. The van der Waals surface area contributed by atoms with Crippen molar-refractivity contribution in [2.24, 2.45) is 5.41 Å². The van der Waals surface area contributed by atoms with Gasteiger partial charge in [-0.15, -0.1) is 0 Å². The van der Waals surface area contributed by atoms with Crippen molar-refractivity contribution < 1.29 is 14.7 Å². The molecule has 0 aliphatic rings. The van der Waals surface area contributed by atoms with Crippen molar-refractivity contribution in [3.8, 4) is 0 Å². The van der Waals surface area contributed by atoms with Crippen LogP contribution in [0.5, 0.6) is 0 Å². The minimum atomic E-state index is -0.846. The first-order valence-corrected chi connectivity index (χ1v) is 7.96. The third-order valence-electron chi connectivity index (χ3n) is 3.21. The SMILES string of the molecule is CC(NC(=O)CNC(=O)CC(C)(C)C)C(O)c1ccc(Cl)cc1. The number of halogens is 1. The molecule has 23 heavy (non-hydrogen) atoms. The smallest absolute Gasteiger partial charge is 0.239 e. The van der Waals surface area contributed by atoms with Crippen LogP contribution in [-0.4, -0.2) is 29.5 Å². The first-order valence-electron chi connectivity index (χ1n) is 7.58. The Labute approximate surface area is 142 Å². The van der Waals surface area contributed by atoms with Crippen molar-refractivity contribution in [3.05, 3.63) is 34.9 Å². The highest BCUT2D eigenvalue weighted by Gasteiger charge is 2.20. The summed E-state index contributed by atoms with van der Waals surface area (Å²) >= 11 is 5.81. The Kier molecular flexibility index (Phi) is 7.03. The molecule has 2 unspecified atom stereocenters. The molecule has 1 aromatic carbocycles. The molecule has 3 N–H and O–H groups in total. The zero-order valence-corrected chi connectivity index (χ0v) is 14.8. The van der Waals surface area contributed by atoms with Crippen molar-refractivity contribution in [1.82, 2.24) is 10.6 Å². The number of aliphatic hydroxyl groups excluding tert-OH is 1. The molecule has 0 radical (unpaired) electrons. The van der Waals surface area contributed by atoms with Crippen molar-refractivity contribution in [2.75, 3.05) is 6.54 Å². The molecule has 0 spiro atoms. The van der Waals surface area contributed by atoms with Crippen LogP contribution in [0.1, 0.15) is 45.8 Å². The second-order valence-corrected chi connectivity index (χ2v) is 7.30. The largest absolute Gasteiger partial charge is 0.386 e. The van der Waals surface area contributed by atoms with Gasteiger partial charge in [-0.3, -0.25) is 9.59 Å². The number of amides is 2. The molecular weight excluding hydrogens is 316 g/mol. The van der Waals surface area contributed by atoms with E-state index in [1.807, 2.05) is 20.8 Å². The monoisotopic (exact) mass is 340 g/mol. The van der Waals surface area contributed by atoms with E-state index in [1.165, 1.54) is 0 Å².